The Hall–Kier alpha value is -0.860. The second-order valence-corrected chi connectivity index (χ2v) is 3.26. The van der Waals surface area contributed by atoms with Crippen molar-refractivity contribution in [3.8, 4) is 0 Å². The second-order valence-electron chi connectivity index (χ2n) is 2.85. The van der Waals surface area contributed by atoms with Crippen molar-refractivity contribution in [2.24, 2.45) is 0 Å². The molecular formula is C10H12ClNO. The average molecular weight is 198 g/mol. The lowest BCUT2D eigenvalue weighted by Gasteiger charge is -2.08. The Kier molecular flexibility index (Phi) is 3.93. The van der Waals surface area contributed by atoms with Crippen LogP contribution in [0.5, 0.6) is 0 Å². The molecule has 0 bridgehead atoms. The largest absolute Gasteiger partial charge is 0.392 e. The predicted molar refractivity (Wildman–Crippen MR) is 53.8 cm³/mol. The molecule has 1 aromatic rings. The topological polar surface area (TPSA) is 33.1 Å². The number of halogens is 1. The van der Waals surface area contributed by atoms with E-state index in [1.807, 2.05) is 6.07 Å². The Labute approximate surface area is 82.9 Å². The van der Waals surface area contributed by atoms with Crippen LogP contribution in [0.3, 0.4) is 0 Å². The van der Waals surface area contributed by atoms with Crippen molar-refractivity contribution in [1.29, 1.82) is 0 Å². The fourth-order valence-electron chi connectivity index (χ4n) is 1.10. The van der Waals surface area contributed by atoms with Crippen molar-refractivity contribution in [2.75, 3.05) is 0 Å². The van der Waals surface area contributed by atoms with Gasteiger partial charge in [0.25, 0.3) is 0 Å². The summed E-state index contributed by atoms with van der Waals surface area (Å²) in [6.45, 7) is 3.56. The number of nitrogens with zero attached hydrogens (tertiary/aromatic N) is 1. The number of hydrogen-bond acceptors (Lipinski definition) is 2. The molecule has 0 aromatic carbocycles. The third-order valence-corrected chi connectivity index (χ3v) is 2.09. The SMILES string of the molecule is C=CCC(O)Cc1ccncc1Cl. The van der Waals surface area contributed by atoms with Crippen LogP contribution in [0.25, 0.3) is 0 Å². The lowest BCUT2D eigenvalue weighted by molar-refractivity contribution is 0.178. The molecule has 1 unspecified atom stereocenters. The molecule has 1 aromatic heterocycles. The Morgan fingerprint density at radius 2 is 2.46 bits per heavy atom. The van der Waals surface area contributed by atoms with Crippen molar-refractivity contribution in [1.82, 2.24) is 4.98 Å². The zero-order valence-electron chi connectivity index (χ0n) is 7.28. The molecule has 0 aliphatic rings. The molecule has 1 N–H and O–H groups in total. The number of aliphatic hydroxyl groups is 1. The molecule has 0 radical (unpaired) electrons. The summed E-state index contributed by atoms with van der Waals surface area (Å²) in [6, 6.07) is 1.81. The summed E-state index contributed by atoms with van der Waals surface area (Å²) in [5.74, 6) is 0. The summed E-state index contributed by atoms with van der Waals surface area (Å²) in [5.41, 5.74) is 0.922. The summed E-state index contributed by atoms with van der Waals surface area (Å²) in [4.78, 5) is 3.86. The Morgan fingerprint density at radius 1 is 1.69 bits per heavy atom. The molecule has 0 spiro atoms. The number of aliphatic hydroxyl groups excluding tert-OH is 1. The highest BCUT2D eigenvalue weighted by Crippen LogP contribution is 2.16. The van der Waals surface area contributed by atoms with E-state index >= 15 is 0 Å². The van der Waals surface area contributed by atoms with Crippen LogP contribution in [0, 0.1) is 0 Å². The molecule has 1 heterocycles. The third-order valence-electron chi connectivity index (χ3n) is 1.75. The molecule has 0 saturated heterocycles. The summed E-state index contributed by atoms with van der Waals surface area (Å²) in [6.07, 6.45) is 5.67. The molecule has 0 aliphatic heterocycles. The molecule has 13 heavy (non-hydrogen) atoms. The number of pyridine rings is 1. The highest BCUT2D eigenvalue weighted by molar-refractivity contribution is 6.31. The lowest BCUT2D eigenvalue weighted by Crippen LogP contribution is -2.09. The van der Waals surface area contributed by atoms with Crippen LogP contribution in [0.15, 0.2) is 31.1 Å². The fourth-order valence-corrected chi connectivity index (χ4v) is 1.30. The zero-order chi connectivity index (χ0) is 9.68. The maximum absolute atomic E-state index is 9.48. The van der Waals surface area contributed by atoms with E-state index in [1.54, 1.807) is 18.5 Å². The first-order chi connectivity index (χ1) is 6.24. The van der Waals surface area contributed by atoms with Crippen molar-refractivity contribution >= 4 is 11.6 Å². The number of hydrogen-bond donors (Lipinski definition) is 1. The van der Waals surface area contributed by atoms with Gasteiger partial charge < -0.3 is 5.11 Å². The van der Waals surface area contributed by atoms with Crippen molar-refractivity contribution in [3.05, 3.63) is 41.7 Å². The standard InChI is InChI=1S/C10H12ClNO/c1-2-3-9(13)6-8-4-5-12-7-10(8)11/h2,4-5,7,9,13H,1,3,6H2. The molecule has 0 aliphatic carbocycles. The van der Waals surface area contributed by atoms with Gasteiger partial charge in [-0.2, -0.15) is 0 Å². The molecule has 3 heteroatoms. The van der Waals surface area contributed by atoms with Crippen molar-refractivity contribution in [2.45, 2.75) is 18.9 Å². The molecule has 0 fully saturated rings. The van der Waals surface area contributed by atoms with E-state index in [9.17, 15) is 5.11 Å². The van der Waals surface area contributed by atoms with E-state index in [-0.39, 0.29) is 0 Å². The Balaban J connectivity index is 2.63. The fraction of sp³-hybridized carbons (Fsp3) is 0.300. The monoisotopic (exact) mass is 197 g/mol. The van der Waals surface area contributed by atoms with E-state index in [2.05, 4.69) is 11.6 Å². The molecule has 2 nitrogen and oxygen atoms in total. The summed E-state index contributed by atoms with van der Waals surface area (Å²) in [7, 11) is 0. The van der Waals surface area contributed by atoms with Crippen LogP contribution >= 0.6 is 11.6 Å². The molecule has 0 saturated carbocycles. The Bertz CT molecular complexity index is 288. The van der Waals surface area contributed by atoms with Gasteiger partial charge in [-0.25, -0.2) is 0 Å². The van der Waals surface area contributed by atoms with Gasteiger partial charge in [0.1, 0.15) is 0 Å². The molecule has 1 rings (SSSR count). The highest BCUT2D eigenvalue weighted by Gasteiger charge is 2.06. The minimum Gasteiger partial charge on any atom is -0.392 e. The van der Waals surface area contributed by atoms with Crippen molar-refractivity contribution in [3.63, 3.8) is 0 Å². The number of rotatable bonds is 4. The van der Waals surface area contributed by atoms with Crippen LogP contribution < -0.4 is 0 Å². The van der Waals surface area contributed by atoms with E-state index in [4.69, 9.17) is 11.6 Å². The average Bonchev–Trinajstić information content (AvgIpc) is 2.09. The van der Waals surface area contributed by atoms with Crippen LogP contribution in [0.1, 0.15) is 12.0 Å². The quantitative estimate of drug-likeness (QED) is 0.751. The van der Waals surface area contributed by atoms with E-state index in [0.717, 1.165) is 5.56 Å². The summed E-state index contributed by atoms with van der Waals surface area (Å²) < 4.78 is 0. The second kappa shape index (κ2) is 5.00. The highest BCUT2D eigenvalue weighted by atomic mass is 35.5. The lowest BCUT2D eigenvalue weighted by atomic mass is 10.1. The number of aromatic nitrogens is 1. The smallest absolute Gasteiger partial charge is 0.0622 e. The molecule has 70 valence electrons. The van der Waals surface area contributed by atoms with Gasteiger partial charge in [-0.05, 0) is 18.1 Å². The van der Waals surface area contributed by atoms with E-state index < -0.39 is 6.10 Å². The maximum Gasteiger partial charge on any atom is 0.0622 e. The third kappa shape index (κ3) is 3.17. The van der Waals surface area contributed by atoms with Gasteiger partial charge in [-0.15, -0.1) is 6.58 Å². The van der Waals surface area contributed by atoms with Crippen molar-refractivity contribution < 1.29 is 5.11 Å². The predicted octanol–water partition coefficient (Wildman–Crippen LogP) is 2.21. The van der Waals surface area contributed by atoms with Gasteiger partial charge in [0, 0.05) is 18.8 Å². The van der Waals surface area contributed by atoms with Crippen LogP contribution in [0.4, 0.5) is 0 Å². The first-order valence-electron chi connectivity index (χ1n) is 4.11. The van der Waals surface area contributed by atoms with E-state index in [1.165, 1.54) is 0 Å². The van der Waals surface area contributed by atoms with Crippen LogP contribution in [-0.4, -0.2) is 16.2 Å². The minimum absolute atomic E-state index is 0.405. The normalized spacial score (nSPS) is 12.5. The van der Waals surface area contributed by atoms with E-state index in [0.29, 0.717) is 17.9 Å². The van der Waals surface area contributed by atoms with Gasteiger partial charge in [0.05, 0.1) is 11.1 Å². The van der Waals surface area contributed by atoms with Gasteiger partial charge in [-0.1, -0.05) is 17.7 Å². The minimum atomic E-state index is -0.405. The molecule has 1 atom stereocenters. The first-order valence-corrected chi connectivity index (χ1v) is 4.49. The molecular weight excluding hydrogens is 186 g/mol. The van der Waals surface area contributed by atoms with Crippen LogP contribution in [-0.2, 0) is 6.42 Å². The van der Waals surface area contributed by atoms with Gasteiger partial charge >= 0.3 is 0 Å². The molecule has 0 amide bonds. The van der Waals surface area contributed by atoms with Crippen LogP contribution in [0.2, 0.25) is 5.02 Å². The zero-order valence-corrected chi connectivity index (χ0v) is 8.04. The summed E-state index contributed by atoms with van der Waals surface area (Å²) in [5, 5.41) is 10.1. The first kappa shape index (κ1) is 10.2. The summed E-state index contributed by atoms with van der Waals surface area (Å²) >= 11 is 5.87. The van der Waals surface area contributed by atoms with Gasteiger partial charge in [0.15, 0.2) is 0 Å². The van der Waals surface area contributed by atoms with Gasteiger partial charge in [0.2, 0.25) is 0 Å². The Morgan fingerprint density at radius 3 is 3.08 bits per heavy atom. The van der Waals surface area contributed by atoms with Gasteiger partial charge in [-0.3, -0.25) is 4.98 Å². The maximum atomic E-state index is 9.48.